The molecular formula is C16H31NO3. The number of hydrogen-bond donors (Lipinski definition) is 1. The molecule has 2 aliphatic rings. The Kier molecular flexibility index (Phi) is 6.27. The zero-order valence-electron chi connectivity index (χ0n) is 13.1. The third kappa shape index (κ3) is 3.94. The van der Waals surface area contributed by atoms with Crippen LogP contribution in [0.2, 0.25) is 0 Å². The molecule has 1 saturated heterocycles. The van der Waals surface area contributed by atoms with Gasteiger partial charge in [-0.1, -0.05) is 19.3 Å². The molecule has 20 heavy (non-hydrogen) atoms. The first-order chi connectivity index (χ1) is 9.71. The minimum absolute atomic E-state index is 0.0439. The van der Waals surface area contributed by atoms with Crippen LogP contribution in [0.15, 0.2) is 0 Å². The Morgan fingerprint density at radius 1 is 1.15 bits per heavy atom. The van der Waals surface area contributed by atoms with Crippen LogP contribution in [0.1, 0.15) is 58.8 Å². The van der Waals surface area contributed by atoms with Crippen molar-refractivity contribution in [1.82, 2.24) is 0 Å². The molecule has 2 unspecified atom stereocenters. The smallest absolute Gasteiger partial charge is 0.172 e. The van der Waals surface area contributed by atoms with Gasteiger partial charge in [-0.15, -0.1) is 0 Å². The van der Waals surface area contributed by atoms with E-state index < -0.39 is 0 Å². The molecule has 0 amide bonds. The van der Waals surface area contributed by atoms with Gasteiger partial charge >= 0.3 is 0 Å². The lowest BCUT2D eigenvalue weighted by Crippen LogP contribution is -2.51. The van der Waals surface area contributed by atoms with E-state index in [9.17, 15) is 0 Å². The summed E-state index contributed by atoms with van der Waals surface area (Å²) in [5.74, 6) is 0.449. The molecule has 1 aliphatic heterocycles. The maximum Gasteiger partial charge on any atom is 0.172 e. The van der Waals surface area contributed by atoms with Gasteiger partial charge in [0, 0.05) is 19.8 Å². The van der Waals surface area contributed by atoms with E-state index in [0.717, 1.165) is 19.4 Å². The predicted molar refractivity (Wildman–Crippen MR) is 79.5 cm³/mol. The molecule has 4 nitrogen and oxygen atoms in total. The molecule has 0 aromatic heterocycles. The molecule has 1 aliphatic carbocycles. The first-order valence-corrected chi connectivity index (χ1v) is 8.33. The fraction of sp³-hybridized carbons (Fsp3) is 1.00. The lowest BCUT2D eigenvalue weighted by Gasteiger charge is -2.45. The molecule has 4 heteroatoms. The van der Waals surface area contributed by atoms with Crippen LogP contribution >= 0.6 is 0 Å². The zero-order valence-corrected chi connectivity index (χ0v) is 13.1. The van der Waals surface area contributed by atoms with E-state index in [0.29, 0.717) is 19.1 Å². The van der Waals surface area contributed by atoms with Gasteiger partial charge in [0.25, 0.3) is 0 Å². The predicted octanol–water partition coefficient (Wildman–Crippen LogP) is 2.84. The summed E-state index contributed by atoms with van der Waals surface area (Å²) >= 11 is 0. The van der Waals surface area contributed by atoms with E-state index in [1.54, 1.807) is 0 Å². The van der Waals surface area contributed by atoms with Crippen molar-refractivity contribution in [2.75, 3.05) is 19.8 Å². The molecular weight excluding hydrogens is 254 g/mol. The first-order valence-electron chi connectivity index (χ1n) is 8.33. The van der Waals surface area contributed by atoms with Crippen molar-refractivity contribution in [3.8, 4) is 0 Å². The highest BCUT2D eigenvalue weighted by molar-refractivity contribution is 4.93. The van der Waals surface area contributed by atoms with E-state index in [1.165, 1.54) is 32.1 Å². The van der Waals surface area contributed by atoms with Gasteiger partial charge in [-0.05, 0) is 45.4 Å². The monoisotopic (exact) mass is 285 g/mol. The SMILES string of the molecule is CCOC(OCC)C(N)C1CCOC2(CCCCC2)C1. The van der Waals surface area contributed by atoms with E-state index in [-0.39, 0.29) is 17.9 Å². The third-order valence-corrected chi connectivity index (χ3v) is 4.82. The first kappa shape index (κ1) is 16.2. The van der Waals surface area contributed by atoms with E-state index in [1.807, 2.05) is 13.8 Å². The summed E-state index contributed by atoms with van der Waals surface area (Å²) in [6.07, 6.45) is 8.17. The van der Waals surface area contributed by atoms with Crippen LogP contribution in [0, 0.1) is 5.92 Å². The average molecular weight is 285 g/mol. The highest BCUT2D eigenvalue weighted by atomic mass is 16.7. The van der Waals surface area contributed by atoms with Crippen molar-refractivity contribution in [2.24, 2.45) is 11.7 Å². The van der Waals surface area contributed by atoms with Crippen LogP contribution in [-0.2, 0) is 14.2 Å². The summed E-state index contributed by atoms with van der Waals surface area (Å²) < 4.78 is 17.5. The largest absolute Gasteiger partial charge is 0.375 e. The van der Waals surface area contributed by atoms with E-state index >= 15 is 0 Å². The average Bonchev–Trinajstić information content (AvgIpc) is 2.47. The number of nitrogens with two attached hydrogens (primary N) is 1. The molecule has 1 spiro atoms. The third-order valence-electron chi connectivity index (χ3n) is 4.82. The van der Waals surface area contributed by atoms with Gasteiger partial charge < -0.3 is 19.9 Å². The molecule has 118 valence electrons. The van der Waals surface area contributed by atoms with Crippen molar-refractivity contribution in [1.29, 1.82) is 0 Å². The van der Waals surface area contributed by atoms with Crippen LogP contribution < -0.4 is 5.73 Å². The second kappa shape index (κ2) is 7.74. The number of ether oxygens (including phenoxy) is 3. The zero-order chi connectivity index (χ0) is 14.4. The number of hydrogen-bond acceptors (Lipinski definition) is 4. The molecule has 0 radical (unpaired) electrons. The Bertz CT molecular complexity index is 267. The molecule has 0 bridgehead atoms. The maximum absolute atomic E-state index is 6.45. The Morgan fingerprint density at radius 2 is 1.80 bits per heavy atom. The normalized spacial score (nSPS) is 27.9. The molecule has 1 heterocycles. The second-order valence-corrected chi connectivity index (χ2v) is 6.20. The van der Waals surface area contributed by atoms with Gasteiger partial charge in [-0.3, -0.25) is 0 Å². The van der Waals surface area contributed by atoms with Crippen molar-refractivity contribution in [3.05, 3.63) is 0 Å². The molecule has 0 aromatic rings. The molecule has 2 fully saturated rings. The van der Waals surface area contributed by atoms with E-state index in [2.05, 4.69) is 0 Å². The molecule has 1 saturated carbocycles. The van der Waals surface area contributed by atoms with Crippen LogP contribution in [0.3, 0.4) is 0 Å². The summed E-state index contributed by atoms with van der Waals surface area (Å²) in [5, 5.41) is 0. The van der Waals surface area contributed by atoms with Crippen molar-refractivity contribution < 1.29 is 14.2 Å². The van der Waals surface area contributed by atoms with Gasteiger partial charge in [0.2, 0.25) is 0 Å². The highest BCUT2D eigenvalue weighted by Gasteiger charge is 2.41. The van der Waals surface area contributed by atoms with Gasteiger partial charge in [-0.25, -0.2) is 0 Å². The van der Waals surface area contributed by atoms with Crippen molar-refractivity contribution >= 4 is 0 Å². The van der Waals surface area contributed by atoms with Crippen molar-refractivity contribution in [2.45, 2.75) is 76.7 Å². The Hall–Kier alpha value is -0.160. The van der Waals surface area contributed by atoms with E-state index in [4.69, 9.17) is 19.9 Å². The molecule has 2 N–H and O–H groups in total. The summed E-state index contributed by atoms with van der Waals surface area (Å²) in [6.45, 7) is 6.11. The lowest BCUT2D eigenvalue weighted by atomic mass is 9.74. The minimum atomic E-state index is -0.270. The van der Waals surface area contributed by atoms with Crippen molar-refractivity contribution in [3.63, 3.8) is 0 Å². The Labute approximate surface area is 123 Å². The lowest BCUT2D eigenvalue weighted by molar-refractivity contribution is -0.176. The summed E-state index contributed by atoms with van der Waals surface area (Å²) in [4.78, 5) is 0. The summed E-state index contributed by atoms with van der Waals surface area (Å²) in [5.41, 5.74) is 6.55. The van der Waals surface area contributed by atoms with Crippen LogP contribution in [0.25, 0.3) is 0 Å². The highest BCUT2D eigenvalue weighted by Crippen LogP contribution is 2.41. The van der Waals surface area contributed by atoms with Gasteiger partial charge in [0.1, 0.15) is 0 Å². The summed E-state index contributed by atoms with van der Waals surface area (Å²) in [7, 11) is 0. The Morgan fingerprint density at radius 3 is 2.40 bits per heavy atom. The minimum Gasteiger partial charge on any atom is -0.375 e. The Balaban J connectivity index is 1.95. The topological polar surface area (TPSA) is 53.7 Å². The number of rotatable bonds is 6. The fourth-order valence-electron chi connectivity index (χ4n) is 3.76. The molecule has 2 atom stereocenters. The standard InChI is InChI=1S/C16H31NO3/c1-3-18-15(19-4-2)14(17)13-8-11-20-16(12-13)9-6-5-7-10-16/h13-15H,3-12,17H2,1-2H3. The summed E-state index contributed by atoms with van der Waals surface area (Å²) in [6, 6.07) is -0.0439. The molecule has 0 aromatic carbocycles. The van der Waals surface area contributed by atoms with Gasteiger partial charge in [-0.2, -0.15) is 0 Å². The maximum atomic E-state index is 6.45. The van der Waals surface area contributed by atoms with Gasteiger partial charge in [0.05, 0.1) is 11.6 Å². The van der Waals surface area contributed by atoms with Crippen LogP contribution in [0.5, 0.6) is 0 Å². The van der Waals surface area contributed by atoms with Crippen LogP contribution in [0.4, 0.5) is 0 Å². The van der Waals surface area contributed by atoms with Gasteiger partial charge in [0.15, 0.2) is 6.29 Å². The quantitative estimate of drug-likeness (QED) is 0.762. The fourth-order valence-corrected chi connectivity index (χ4v) is 3.76. The van der Waals surface area contributed by atoms with Crippen LogP contribution in [-0.4, -0.2) is 37.8 Å². The molecule has 2 rings (SSSR count). The second-order valence-electron chi connectivity index (χ2n) is 6.20.